The Bertz CT molecular complexity index is 1010. The van der Waals surface area contributed by atoms with E-state index >= 15 is 0 Å². The molecule has 0 atom stereocenters. The van der Waals surface area contributed by atoms with Crippen LogP contribution in [0.2, 0.25) is 0 Å². The van der Waals surface area contributed by atoms with Crippen molar-refractivity contribution < 1.29 is 18.9 Å². The SMILES string of the molecule is COc1ccc(OC)c(Nc2cc(C)nc(Nc3ccc4c(c3)OCO4)n2)c1. The van der Waals surface area contributed by atoms with E-state index in [1.807, 2.05) is 49.4 Å². The van der Waals surface area contributed by atoms with Crippen molar-refractivity contribution >= 4 is 23.1 Å². The Balaban J connectivity index is 1.59. The molecule has 144 valence electrons. The minimum atomic E-state index is 0.232. The van der Waals surface area contributed by atoms with Crippen LogP contribution in [-0.2, 0) is 0 Å². The standard InChI is InChI=1S/C20H20N4O4/c1-12-8-19(23-15-10-14(25-2)5-7-16(15)26-3)24-20(21-12)22-13-4-6-17-18(9-13)28-11-27-17/h4-10H,11H2,1-3H3,(H2,21,22,23,24). The van der Waals surface area contributed by atoms with Crippen molar-refractivity contribution in [3.63, 3.8) is 0 Å². The zero-order valence-electron chi connectivity index (χ0n) is 15.8. The van der Waals surface area contributed by atoms with Crippen molar-refractivity contribution in [3.8, 4) is 23.0 Å². The van der Waals surface area contributed by atoms with Crippen LogP contribution in [0.5, 0.6) is 23.0 Å². The molecular weight excluding hydrogens is 360 g/mol. The summed E-state index contributed by atoms with van der Waals surface area (Å²) in [6, 6.07) is 13.0. The van der Waals surface area contributed by atoms with Gasteiger partial charge < -0.3 is 29.6 Å². The van der Waals surface area contributed by atoms with Gasteiger partial charge in [-0.25, -0.2) is 4.98 Å². The number of nitrogens with zero attached hydrogens (tertiary/aromatic N) is 2. The minimum Gasteiger partial charge on any atom is -0.497 e. The number of rotatable bonds is 6. The quantitative estimate of drug-likeness (QED) is 0.663. The molecule has 0 radical (unpaired) electrons. The van der Waals surface area contributed by atoms with Crippen LogP contribution < -0.4 is 29.6 Å². The number of fused-ring (bicyclic) bond motifs is 1. The van der Waals surface area contributed by atoms with Crippen LogP contribution in [0, 0.1) is 6.92 Å². The van der Waals surface area contributed by atoms with Crippen molar-refractivity contribution in [1.82, 2.24) is 9.97 Å². The van der Waals surface area contributed by atoms with Gasteiger partial charge >= 0.3 is 0 Å². The van der Waals surface area contributed by atoms with Crippen molar-refractivity contribution in [3.05, 3.63) is 48.2 Å². The molecule has 0 aliphatic carbocycles. The summed E-state index contributed by atoms with van der Waals surface area (Å²) in [5.41, 5.74) is 2.36. The molecule has 0 spiro atoms. The predicted octanol–water partition coefficient (Wildman–Crippen LogP) is 4.02. The molecule has 0 unspecified atom stereocenters. The zero-order chi connectivity index (χ0) is 19.5. The molecule has 2 heterocycles. The van der Waals surface area contributed by atoms with Crippen LogP contribution in [0.1, 0.15) is 5.69 Å². The Morgan fingerprint density at radius 1 is 0.893 bits per heavy atom. The van der Waals surface area contributed by atoms with E-state index in [2.05, 4.69) is 20.6 Å². The summed E-state index contributed by atoms with van der Waals surface area (Å²) in [7, 11) is 3.23. The second-order valence-corrected chi connectivity index (χ2v) is 6.10. The van der Waals surface area contributed by atoms with E-state index in [1.165, 1.54) is 0 Å². The van der Waals surface area contributed by atoms with E-state index in [9.17, 15) is 0 Å². The lowest BCUT2D eigenvalue weighted by Gasteiger charge is -2.13. The molecule has 2 aromatic carbocycles. The van der Waals surface area contributed by atoms with Crippen LogP contribution in [0.4, 0.5) is 23.1 Å². The lowest BCUT2D eigenvalue weighted by Crippen LogP contribution is -2.03. The van der Waals surface area contributed by atoms with Gasteiger partial charge in [0.1, 0.15) is 17.3 Å². The summed E-state index contributed by atoms with van der Waals surface area (Å²) in [4.78, 5) is 9.00. The van der Waals surface area contributed by atoms with Gasteiger partial charge in [0.2, 0.25) is 12.7 Å². The van der Waals surface area contributed by atoms with Gasteiger partial charge in [-0.05, 0) is 31.2 Å². The minimum absolute atomic E-state index is 0.232. The molecule has 28 heavy (non-hydrogen) atoms. The number of benzene rings is 2. The van der Waals surface area contributed by atoms with Gasteiger partial charge in [-0.15, -0.1) is 0 Å². The Hall–Kier alpha value is -3.68. The van der Waals surface area contributed by atoms with E-state index < -0.39 is 0 Å². The topological polar surface area (TPSA) is 86.8 Å². The molecule has 0 fully saturated rings. The summed E-state index contributed by atoms with van der Waals surface area (Å²) >= 11 is 0. The van der Waals surface area contributed by atoms with E-state index in [1.54, 1.807) is 14.2 Å². The van der Waals surface area contributed by atoms with Gasteiger partial charge in [-0.1, -0.05) is 0 Å². The number of hydrogen-bond acceptors (Lipinski definition) is 8. The van der Waals surface area contributed by atoms with E-state index in [0.29, 0.717) is 29.0 Å². The summed E-state index contributed by atoms with van der Waals surface area (Å²) in [6.45, 7) is 2.14. The third-order valence-corrected chi connectivity index (χ3v) is 4.15. The summed E-state index contributed by atoms with van der Waals surface area (Å²) in [5, 5.41) is 6.46. The summed E-state index contributed by atoms with van der Waals surface area (Å²) in [6.07, 6.45) is 0. The van der Waals surface area contributed by atoms with Crippen LogP contribution in [-0.4, -0.2) is 31.0 Å². The van der Waals surface area contributed by atoms with Crippen molar-refractivity contribution in [2.45, 2.75) is 6.92 Å². The highest BCUT2D eigenvalue weighted by Gasteiger charge is 2.14. The number of aromatic nitrogens is 2. The molecule has 1 aromatic heterocycles. The van der Waals surface area contributed by atoms with Gasteiger partial charge in [0.05, 0.1) is 19.9 Å². The fourth-order valence-corrected chi connectivity index (χ4v) is 2.84. The molecule has 3 aromatic rings. The first-order chi connectivity index (χ1) is 13.6. The van der Waals surface area contributed by atoms with E-state index in [4.69, 9.17) is 18.9 Å². The first-order valence-corrected chi connectivity index (χ1v) is 8.66. The molecule has 1 aliphatic rings. The van der Waals surface area contributed by atoms with Crippen LogP contribution in [0.15, 0.2) is 42.5 Å². The molecule has 2 N–H and O–H groups in total. The number of methoxy groups -OCH3 is 2. The lowest BCUT2D eigenvalue weighted by atomic mass is 10.2. The first-order valence-electron chi connectivity index (χ1n) is 8.66. The Morgan fingerprint density at radius 3 is 2.57 bits per heavy atom. The molecule has 8 heteroatoms. The average Bonchev–Trinajstić information content (AvgIpc) is 3.15. The molecule has 4 rings (SSSR count). The molecule has 0 bridgehead atoms. The van der Waals surface area contributed by atoms with Gasteiger partial charge in [0.25, 0.3) is 0 Å². The molecule has 0 amide bonds. The predicted molar refractivity (Wildman–Crippen MR) is 105 cm³/mol. The summed E-state index contributed by atoms with van der Waals surface area (Å²) < 4.78 is 21.5. The first kappa shape index (κ1) is 17.7. The smallest absolute Gasteiger partial charge is 0.231 e. The van der Waals surface area contributed by atoms with Crippen molar-refractivity contribution in [1.29, 1.82) is 0 Å². The molecule has 0 saturated heterocycles. The molecular formula is C20H20N4O4. The fraction of sp³-hybridized carbons (Fsp3) is 0.200. The highest BCUT2D eigenvalue weighted by Crippen LogP contribution is 2.35. The lowest BCUT2D eigenvalue weighted by molar-refractivity contribution is 0.174. The van der Waals surface area contributed by atoms with Crippen molar-refractivity contribution in [2.24, 2.45) is 0 Å². The van der Waals surface area contributed by atoms with Crippen LogP contribution in [0.25, 0.3) is 0 Å². The molecule has 0 saturated carbocycles. The van der Waals surface area contributed by atoms with Gasteiger partial charge in [0.15, 0.2) is 11.5 Å². The fourth-order valence-electron chi connectivity index (χ4n) is 2.84. The van der Waals surface area contributed by atoms with E-state index in [-0.39, 0.29) is 6.79 Å². The van der Waals surface area contributed by atoms with Crippen LogP contribution in [0.3, 0.4) is 0 Å². The van der Waals surface area contributed by atoms with Crippen LogP contribution >= 0.6 is 0 Å². The molecule has 8 nitrogen and oxygen atoms in total. The number of ether oxygens (including phenoxy) is 4. The maximum absolute atomic E-state index is 5.41. The van der Waals surface area contributed by atoms with Gasteiger partial charge in [-0.3, -0.25) is 0 Å². The number of anilines is 4. The average molecular weight is 380 g/mol. The molecule has 1 aliphatic heterocycles. The Labute approximate surface area is 162 Å². The maximum Gasteiger partial charge on any atom is 0.231 e. The maximum atomic E-state index is 5.41. The third kappa shape index (κ3) is 3.71. The normalized spacial score (nSPS) is 11.8. The van der Waals surface area contributed by atoms with Gasteiger partial charge in [0, 0.05) is 29.6 Å². The highest BCUT2D eigenvalue weighted by atomic mass is 16.7. The van der Waals surface area contributed by atoms with Crippen molar-refractivity contribution in [2.75, 3.05) is 31.6 Å². The van der Waals surface area contributed by atoms with E-state index in [0.717, 1.165) is 22.8 Å². The summed E-state index contributed by atoms with van der Waals surface area (Å²) in [5.74, 6) is 3.90. The number of aryl methyl sites for hydroxylation is 1. The monoisotopic (exact) mass is 380 g/mol. The zero-order valence-corrected chi connectivity index (χ0v) is 15.8. The third-order valence-electron chi connectivity index (χ3n) is 4.15. The Kier molecular flexibility index (Phi) is 4.76. The second kappa shape index (κ2) is 7.51. The van der Waals surface area contributed by atoms with Gasteiger partial charge in [-0.2, -0.15) is 4.98 Å². The largest absolute Gasteiger partial charge is 0.497 e. The second-order valence-electron chi connectivity index (χ2n) is 6.10. The highest BCUT2D eigenvalue weighted by molar-refractivity contribution is 5.68. The number of nitrogens with one attached hydrogen (secondary N) is 2. The Morgan fingerprint density at radius 2 is 1.75 bits per heavy atom. The number of hydrogen-bond donors (Lipinski definition) is 2.